The highest BCUT2D eigenvalue weighted by Crippen LogP contribution is 2.37. The Kier molecular flexibility index (Phi) is 4.70. The molecular formula is C15H14BrF3N2. The standard InChI is InChI=1S/C15H14BrF3N2/c1-9-10(6-4-8-13(9)16)14(21-20)11-5-2-3-7-12(11)15(17,18)19/h2-8,14,21H,20H2,1H3. The zero-order valence-electron chi connectivity index (χ0n) is 11.2. The van der Waals surface area contributed by atoms with Crippen LogP contribution in [0.5, 0.6) is 0 Å². The van der Waals surface area contributed by atoms with Crippen molar-refractivity contribution in [2.24, 2.45) is 5.84 Å². The van der Waals surface area contributed by atoms with Gasteiger partial charge in [0, 0.05) is 4.47 Å². The van der Waals surface area contributed by atoms with E-state index in [1.165, 1.54) is 12.1 Å². The van der Waals surface area contributed by atoms with Crippen LogP contribution < -0.4 is 11.3 Å². The molecule has 0 heterocycles. The average molecular weight is 359 g/mol. The van der Waals surface area contributed by atoms with Crippen molar-refractivity contribution < 1.29 is 13.2 Å². The zero-order chi connectivity index (χ0) is 15.6. The minimum atomic E-state index is -4.42. The van der Waals surface area contributed by atoms with Crippen LogP contribution in [0.2, 0.25) is 0 Å². The van der Waals surface area contributed by atoms with E-state index < -0.39 is 17.8 Å². The quantitative estimate of drug-likeness (QED) is 0.633. The van der Waals surface area contributed by atoms with Gasteiger partial charge in [-0.2, -0.15) is 13.2 Å². The van der Waals surface area contributed by atoms with Crippen LogP contribution >= 0.6 is 15.9 Å². The molecule has 0 aliphatic rings. The maximum absolute atomic E-state index is 13.2. The number of hydrazine groups is 1. The van der Waals surface area contributed by atoms with E-state index in [9.17, 15) is 13.2 Å². The van der Waals surface area contributed by atoms with Crippen molar-refractivity contribution in [2.45, 2.75) is 19.1 Å². The summed E-state index contributed by atoms with van der Waals surface area (Å²) >= 11 is 3.38. The van der Waals surface area contributed by atoms with E-state index in [-0.39, 0.29) is 5.56 Å². The zero-order valence-corrected chi connectivity index (χ0v) is 12.8. The van der Waals surface area contributed by atoms with Crippen LogP contribution in [-0.2, 0) is 6.18 Å². The summed E-state index contributed by atoms with van der Waals surface area (Å²) in [4.78, 5) is 0. The molecule has 112 valence electrons. The highest BCUT2D eigenvalue weighted by atomic mass is 79.9. The summed E-state index contributed by atoms with van der Waals surface area (Å²) < 4.78 is 40.3. The van der Waals surface area contributed by atoms with Gasteiger partial charge in [0.25, 0.3) is 0 Å². The van der Waals surface area contributed by atoms with Gasteiger partial charge in [-0.05, 0) is 35.7 Å². The molecular weight excluding hydrogens is 345 g/mol. The first-order valence-electron chi connectivity index (χ1n) is 6.23. The molecule has 0 fully saturated rings. The van der Waals surface area contributed by atoms with E-state index in [0.717, 1.165) is 16.1 Å². The maximum atomic E-state index is 13.2. The molecule has 0 radical (unpaired) electrons. The summed E-state index contributed by atoms with van der Waals surface area (Å²) in [5, 5.41) is 0. The van der Waals surface area contributed by atoms with Crippen LogP contribution in [0, 0.1) is 6.92 Å². The predicted octanol–water partition coefficient (Wildman–Crippen LogP) is 4.33. The Balaban J connectivity index is 2.60. The molecule has 2 aromatic rings. The number of nitrogens with one attached hydrogen (secondary N) is 1. The Bertz CT molecular complexity index is 641. The Morgan fingerprint density at radius 1 is 1.05 bits per heavy atom. The summed E-state index contributed by atoms with van der Waals surface area (Å²) in [6.07, 6.45) is -4.42. The molecule has 0 aliphatic carbocycles. The molecule has 1 unspecified atom stereocenters. The van der Waals surface area contributed by atoms with Crippen LogP contribution in [0.25, 0.3) is 0 Å². The second-order valence-electron chi connectivity index (χ2n) is 4.64. The fourth-order valence-electron chi connectivity index (χ4n) is 2.29. The van der Waals surface area contributed by atoms with Gasteiger partial charge in [0.2, 0.25) is 0 Å². The van der Waals surface area contributed by atoms with Crippen molar-refractivity contribution in [3.63, 3.8) is 0 Å². The number of halogens is 4. The van der Waals surface area contributed by atoms with Crippen molar-refractivity contribution in [1.82, 2.24) is 5.43 Å². The number of alkyl halides is 3. The molecule has 0 amide bonds. The van der Waals surface area contributed by atoms with Gasteiger partial charge in [0.15, 0.2) is 0 Å². The highest BCUT2D eigenvalue weighted by molar-refractivity contribution is 9.10. The molecule has 0 aromatic heterocycles. The second-order valence-corrected chi connectivity index (χ2v) is 5.49. The van der Waals surface area contributed by atoms with Crippen molar-refractivity contribution in [3.05, 3.63) is 69.2 Å². The van der Waals surface area contributed by atoms with Crippen molar-refractivity contribution >= 4 is 15.9 Å². The molecule has 1 atom stereocenters. The minimum Gasteiger partial charge on any atom is -0.271 e. The van der Waals surface area contributed by atoms with Gasteiger partial charge in [0.1, 0.15) is 0 Å². The van der Waals surface area contributed by atoms with Crippen LogP contribution in [-0.4, -0.2) is 0 Å². The van der Waals surface area contributed by atoms with E-state index in [1.54, 1.807) is 18.2 Å². The molecule has 2 nitrogen and oxygen atoms in total. The molecule has 0 aliphatic heterocycles. The lowest BCUT2D eigenvalue weighted by molar-refractivity contribution is -0.138. The lowest BCUT2D eigenvalue weighted by atomic mass is 9.92. The molecule has 2 aromatic carbocycles. The van der Waals surface area contributed by atoms with Crippen LogP contribution in [0.3, 0.4) is 0 Å². The molecule has 2 rings (SSSR count). The second kappa shape index (κ2) is 6.17. The summed E-state index contributed by atoms with van der Waals surface area (Å²) in [7, 11) is 0. The first-order chi connectivity index (χ1) is 9.86. The highest BCUT2D eigenvalue weighted by Gasteiger charge is 2.35. The third kappa shape index (κ3) is 3.28. The number of benzene rings is 2. The van der Waals surface area contributed by atoms with Gasteiger partial charge in [-0.1, -0.05) is 46.3 Å². The van der Waals surface area contributed by atoms with Gasteiger partial charge >= 0.3 is 6.18 Å². The lowest BCUT2D eigenvalue weighted by Crippen LogP contribution is -2.31. The molecule has 3 N–H and O–H groups in total. The maximum Gasteiger partial charge on any atom is 0.416 e. The van der Waals surface area contributed by atoms with Crippen LogP contribution in [0.15, 0.2) is 46.9 Å². The van der Waals surface area contributed by atoms with E-state index in [2.05, 4.69) is 21.4 Å². The summed E-state index contributed by atoms with van der Waals surface area (Å²) in [5.41, 5.74) is 3.45. The normalized spacial score (nSPS) is 13.2. The summed E-state index contributed by atoms with van der Waals surface area (Å²) in [6, 6.07) is 10.1. The van der Waals surface area contributed by atoms with Crippen molar-refractivity contribution in [3.8, 4) is 0 Å². The molecule has 21 heavy (non-hydrogen) atoms. The van der Waals surface area contributed by atoms with E-state index in [1.807, 2.05) is 13.0 Å². The number of rotatable bonds is 3. The third-order valence-corrected chi connectivity index (χ3v) is 4.22. The average Bonchev–Trinajstić information content (AvgIpc) is 2.44. The van der Waals surface area contributed by atoms with Gasteiger partial charge in [-0.15, -0.1) is 0 Å². The molecule has 0 saturated heterocycles. The topological polar surface area (TPSA) is 38.0 Å². The van der Waals surface area contributed by atoms with Crippen LogP contribution in [0.4, 0.5) is 13.2 Å². The summed E-state index contributed by atoms with van der Waals surface area (Å²) in [6.45, 7) is 1.83. The Morgan fingerprint density at radius 3 is 2.29 bits per heavy atom. The third-order valence-electron chi connectivity index (χ3n) is 3.36. The molecule has 0 spiro atoms. The summed E-state index contributed by atoms with van der Waals surface area (Å²) in [5.74, 6) is 5.54. The van der Waals surface area contributed by atoms with Crippen LogP contribution in [0.1, 0.15) is 28.3 Å². The fraction of sp³-hybridized carbons (Fsp3) is 0.200. The monoisotopic (exact) mass is 358 g/mol. The fourth-order valence-corrected chi connectivity index (χ4v) is 2.67. The number of hydrogen-bond donors (Lipinski definition) is 2. The molecule has 0 saturated carbocycles. The number of nitrogens with two attached hydrogens (primary N) is 1. The Labute approximate surface area is 129 Å². The predicted molar refractivity (Wildman–Crippen MR) is 79.5 cm³/mol. The Morgan fingerprint density at radius 2 is 1.67 bits per heavy atom. The number of hydrogen-bond acceptors (Lipinski definition) is 2. The van der Waals surface area contributed by atoms with Gasteiger partial charge < -0.3 is 0 Å². The first-order valence-corrected chi connectivity index (χ1v) is 7.02. The molecule has 0 bridgehead atoms. The van der Waals surface area contributed by atoms with E-state index >= 15 is 0 Å². The lowest BCUT2D eigenvalue weighted by Gasteiger charge is -2.23. The van der Waals surface area contributed by atoms with E-state index in [0.29, 0.717) is 5.56 Å². The van der Waals surface area contributed by atoms with Gasteiger partial charge in [0.05, 0.1) is 11.6 Å². The minimum absolute atomic E-state index is 0.105. The first kappa shape index (κ1) is 16.0. The molecule has 6 heteroatoms. The van der Waals surface area contributed by atoms with Gasteiger partial charge in [-0.25, -0.2) is 5.43 Å². The SMILES string of the molecule is Cc1c(Br)cccc1C(NN)c1ccccc1C(F)(F)F. The largest absolute Gasteiger partial charge is 0.416 e. The van der Waals surface area contributed by atoms with Crippen molar-refractivity contribution in [1.29, 1.82) is 0 Å². The van der Waals surface area contributed by atoms with E-state index in [4.69, 9.17) is 5.84 Å². The van der Waals surface area contributed by atoms with Crippen molar-refractivity contribution in [2.75, 3.05) is 0 Å². The smallest absolute Gasteiger partial charge is 0.271 e. The van der Waals surface area contributed by atoms with Gasteiger partial charge in [-0.3, -0.25) is 5.84 Å². The Hall–Kier alpha value is -1.37.